The second-order valence-corrected chi connectivity index (χ2v) is 8.19. The molecular formula is C21H31N5O3. The second kappa shape index (κ2) is 9.07. The first kappa shape index (κ1) is 20.1. The maximum Gasteiger partial charge on any atom is 0.257 e. The SMILES string of the molecule is CCn1ncc(C(=O)N2CCCC(CCc3noc(C4CCOCC4)n3)C2)c1C. The number of likely N-dealkylation sites (tertiary alicyclic amines) is 1. The van der Waals surface area contributed by atoms with Gasteiger partial charge >= 0.3 is 0 Å². The molecule has 0 spiro atoms. The Bertz CT molecular complexity index is 824. The van der Waals surface area contributed by atoms with Crippen LogP contribution >= 0.6 is 0 Å². The molecule has 2 aliphatic heterocycles. The number of rotatable bonds is 6. The Labute approximate surface area is 171 Å². The van der Waals surface area contributed by atoms with Crippen LogP contribution in [0.5, 0.6) is 0 Å². The highest BCUT2D eigenvalue weighted by Crippen LogP contribution is 2.27. The first-order chi connectivity index (χ1) is 14.2. The number of hydrogen-bond acceptors (Lipinski definition) is 6. The summed E-state index contributed by atoms with van der Waals surface area (Å²) in [4.78, 5) is 19.6. The third-order valence-electron chi connectivity index (χ3n) is 6.27. The molecule has 8 nitrogen and oxygen atoms in total. The average Bonchev–Trinajstić information content (AvgIpc) is 3.39. The van der Waals surface area contributed by atoms with E-state index in [1.807, 2.05) is 23.4 Å². The summed E-state index contributed by atoms with van der Waals surface area (Å²) in [6.45, 7) is 7.94. The minimum Gasteiger partial charge on any atom is -0.381 e. The van der Waals surface area contributed by atoms with Crippen LogP contribution in [0, 0.1) is 12.8 Å². The molecule has 158 valence electrons. The Morgan fingerprint density at radius 3 is 2.86 bits per heavy atom. The molecule has 0 saturated carbocycles. The fraction of sp³-hybridized carbons (Fsp3) is 0.714. The monoisotopic (exact) mass is 401 g/mol. The topological polar surface area (TPSA) is 86.3 Å². The van der Waals surface area contributed by atoms with Crippen molar-refractivity contribution in [3.63, 3.8) is 0 Å². The molecule has 1 atom stereocenters. The molecule has 0 radical (unpaired) electrons. The highest BCUT2D eigenvalue weighted by atomic mass is 16.5. The minimum absolute atomic E-state index is 0.105. The number of carbonyl (C=O) groups excluding carboxylic acids is 1. The Morgan fingerprint density at radius 1 is 1.28 bits per heavy atom. The van der Waals surface area contributed by atoms with Crippen molar-refractivity contribution in [1.29, 1.82) is 0 Å². The largest absolute Gasteiger partial charge is 0.381 e. The fourth-order valence-electron chi connectivity index (χ4n) is 4.44. The van der Waals surface area contributed by atoms with Crippen molar-refractivity contribution in [1.82, 2.24) is 24.8 Å². The molecule has 8 heteroatoms. The average molecular weight is 402 g/mol. The van der Waals surface area contributed by atoms with E-state index in [0.717, 1.165) is 94.3 Å². The predicted octanol–water partition coefficient (Wildman–Crippen LogP) is 2.97. The van der Waals surface area contributed by atoms with Crippen LogP contribution in [0.4, 0.5) is 0 Å². The molecule has 1 unspecified atom stereocenters. The van der Waals surface area contributed by atoms with Crippen LogP contribution in [-0.4, -0.2) is 57.0 Å². The summed E-state index contributed by atoms with van der Waals surface area (Å²) >= 11 is 0. The van der Waals surface area contributed by atoms with Crippen molar-refractivity contribution in [2.75, 3.05) is 26.3 Å². The van der Waals surface area contributed by atoms with Gasteiger partial charge in [-0.25, -0.2) is 0 Å². The number of carbonyl (C=O) groups is 1. The standard InChI is InChI=1S/C21H31N5O3/c1-3-26-15(2)18(13-22-26)21(27)25-10-4-5-16(14-25)6-7-19-23-20(29-24-19)17-8-11-28-12-9-17/h13,16-17H,3-12,14H2,1-2H3. The number of aryl methyl sites for hydroxylation is 2. The number of hydrogen-bond donors (Lipinski definition) is 0. The molecule has 2 aromatic rings. The lowest BCUT2D eigenvalue weighted by molar-refractivity contribution is 0.0667. The van der Waals surface area contributed by atoms with Gasteiger partial charge in [0.1, 0.15) is 0 Å². The molecule has 2 fully saturated rings. The van der Waals surface area contributed by atoms with E-state index in [4.69, 9.17) is 9.26 Å². The van der Waals surface area contributed by atoms with Gasteiger partial charge in [0.15, 0.2) is 5.82 Å². The van der Waals surface area contributed by atoms with E-state index in [-0.39, 0.29) is 5.91 Å². The minimum atomic E-state index is 0.105. The van der Waals surface area contributed by atoms with E-state index in [0.29, 0.717) is 11.8 Å². The van der Waals surface area contributed by atoms with Gasteiger partial charge in [-0.3, -0.25) is 9.48 Å². The quantitative estimate of drug-likeness (QED) is 0.740. The van der Waals surface area contributed by atoms with Gasteiger partial charge in [-0.1, -0.05) is 5.16 Å². The highest BCUT2D eigenvalue weighted by Gasteiger charge is 2.27. The Balaban J connectivity index is 1.31. The number of ether oxygens (including phenoxy) is 1. The van der Waals surface area contributed by atoms with Crippen molar-refractivity contribution in [2.45, 2.75) is 64.8 Å². The highest BCUT2D eigenvalue weighted by molar-refractivity contribution is 5.95. The number of amides is 1. The van der Waals surface area contributed by atoms with Gasteiger partial charge in [0.25, 0.3) is 5.91 Å². The molecule has 1 amide bonds. The normalized spacial score (nSPS) is 20.9. The Kier molecular flexibility index (Phi) is 6.28. The van der Waals surface area contributed by atoms with Crippen LogP contribution < -0.4 is 0 Å². The number of aromatic nitrogens is 4. The van der Waals surface area contributed by atoms with E-state index in [1.165, 1.54) is 0 Å². The van der Waals surface area contributed by atoms with Crippen LogP contribution in [0.25, 0.3) is 0 Å². The predicted molar refractivity (Wildman–Crippen MR) is 107 cm³/mol. The smallest absolute Gasteiger partial charge is 0.257 e. The summed E-state index contributed by atoms with van der Waals surface area (Å²) in [6, 6.07) is 0. The van der Waals surface area contributed by atoms with Gasteiger partial charge in [0.2, 0.25) is 5.89 Å². The van der Waals surface area contributed by atoms with E-state index in [2.05, 4.69) is 15.2 Å². The zero-order valence-electron chi connectivity index (χ0n) is 17.5. The van der Waals surface area contributed by atoms with Crippen LogP contribution in [0.3, 0.4) is 0 Å². The molecule has 0 N–H and O–H groups in total. The van der Waals surface area contributed by atoms with Crippen LogP contribution in [0.15, 0.2) is 10.7 Å². The summed E-state index contributed by atoms with van der Waals surface area (Å²) in [7, 11) is 0. The van der Waals surface area contributed by atoms with Crippen molar-refractivity contribution >= 4 is 5.91 Å². The maximum atomic E-state index is 13.0. The second-order valence-electron chi connectivity index (χ2n) is 8.19. The van der Waals surface area contributed by atoms with Crippen LogP contribution in [-0.2, 0) is 17.7 Å². The molecule has 0 bridgehead atoms. The van der Waals surface area contributed by atoms with E-state index in [1.54, 1.807) is 6.20 Å². The molecule has 0 aliphatic carbocycles. The van der Waals surface area contributed by atoms with Gasteiger partial charge in [0.05, 0.1) is 11.8 Å². The van der Waals surface area contributed by atoms with E-state index >= 15 is 0 Å². The molecule has 4 rings (SSSR count). The lowest BCUT2D eigenvalue weighted by Gasteiger charge is -2.32. The first-order valence-electron chi connectivity index (χ1n) is 10.9. The molecule has 29 heavy (non-hydrogen) atoms. The first-order valence-corrected chi connectivity index (χ1v) is 10.9. The fourth-order valence-corrected chi connectivity index (χ4v) is 4.44. The lowest BCUT2D eigenvalue weighted by Crippen LogP contribution is -2.40. The molecule has 2 aromatic heterocycles. The zero-order valence-corrected chi connectivity index (χ0v) is 17.5. The van der Waals surface area contributed by atoms with Crippen LogP contribution in [0.1, 0.15) is 72.7 Å². The van der Waals surface area contributed by atoms with Crippen molar-refractivity contribution < 1.29 is 14.1 Å². The van der Waals surface area contributed by atoms with Gasteiger partial charge in [-0.2, -0.15) is 10.1 Å². The van der Waals surface area contributed by atoms with Crippen LogP contribution in [0.2, 0.25) is 0 Å². The van der Waals surface area contributed by atoms with Crippen molar-refractivity contribution in [3.8, 4) is 0 Å². The maximum absolute atomic E-state index is 13.0. The Morgan fingerprint density at radius 2 is 2.10 bits per heavy atom. The van der Waals surface area contributed by atoms with Gasteiger partial charge < -0.3 is 14.2 Å². The summed E-state index contributed by atoms with van der Waals surface area (Å²) < 4.78 is 12.8. The summed E-state index contributed by atoms with van der Waals surface area (Å²) in [6.07, 6.45) is 7.57. The van der Waals surface area contributed by atoms with Gasteiger partial charge in [-0.15, -0.1) is 0 Å². The van der Waals surface area contributed by atoms with Crippen molar-refractivity contribution in [2.24, 2.45) is 5.92 Å². The third-order valence-corrected chi connectivity index (χ3v) is 6.27. The molecule has 2 aliphatic rings. The molecular weight excluding hydrogens is 370 g/mol. The number of nitrogens with zero attached hydrogens (tertiary/aromatic N) is 5. The number of piperidine rings is 1. The summed E-state index contributed by atoms with van der Waals surface area (Å²) in [5.74, 6) is 2.45. The summed E-state index contributed by atoms with van der Waals surface area (Å²) in [5.41, 5.74) is 1.68. The molecule has 0 aromatic carbocycles. The lowest BCUT2D eigenvalue weighted by atomic mass is 9.93. The third kappa shape index (κ3) is 4.52. The molecule has 2 saturated heterocycles. The van der Waals surface area contributed by atoms with E-state index < -0.39 is 0 Å². The Hall–Kier alpha value is -2.22. The van der Waals surface area contributed by atoms with Gasteiger partial charge in [-0.05, 0) is 51.9 Å². The molecule has 4 heterocycles. The van der Waals surface area contributed by atoms with E-state index in [9.17, 15) is 4.79 Å². The zero-order chi connectivity index (χ0) is 20.2. The summed E-state index contributed by atoms with van der Waals surface area (Å²) in [5, 5.41) is 8.50. The van der Waals surface area contributed by atoms with Gasteiger partial charge in [0, 0.05) is 50.9 Å². The van der Waals surface area contributed by atoms with Crippen molar-refractivity contribution in [3.05, 3.63) is 29.2 Å².